The van der Waals surface area contributed by atoms with Gasteiger partial charge in [0, 0.05) is 11.1 Å². The number of nitrogens with one attached hydrogen (secondary N) is 1. The van der Waals surface area contributed by atoms with Crippen LogP contribution in [-0.2, 0) is 4.79 Å². The van der Waals surface area contributed by atoms with E-state index in [1.807, 2.05) is 24.3 Å². The van der Waals surface area contributed by atoms with Gasteiger partial charge in [0.2, 0.25) is 0 Å². The molecule has 0 aliphatic rings. The second-order valence-electron chi connectivity index (χ2n) is 5.48. The molecule has 0 atom stereocenters. The van der Waals surface area contributed by atoms with Gasteiger partial charge in [0.25, 0.3) is 5.91 Å². The van der Waals surface area contributed by atoms with Gasteiger partial charge in [-0.2, -0.15) is 5.10 Å². The van der Waals surface area contributed by atoms with Crippen LogP contribution in [0.3, 0.4) is 0 Å². The van der Waals surface area contributed by atoms with Crippen molar-refractivity contribution in [3.63, 3.8) is 0 Å². The van der Waals surface area contributed by atoms with Gasteiger partial charge < -0.3 is 4.74 Å². The summed E-state index contributed by atoms with van der Waals surface area (Å²) in [4.78, 5) is 11.7. The number of amides is 1. The van der Waals surface area contributed by atoms with Crippen molar-refractivity contribution in [2.45, 2.75) is 19.8 Å². The lowest BCUT2D eigenvalue weighted by Crippen LogP contribution is -2.24. The molecule has 4 nitrogen and oxygen atoms in total. The maximum absolute atomic E-state index is 11.7. The van der Waals surface area contributed by atoms with E-state index in [2.05, 4.69) is 24.4 Å². The number of hydrazone groups is 1. The Labute approximate surface area is 151 Å². The van der Waals surface area contributed by atoms with E-state index in [-0.39, 0.29) is 12.5 Å². The molecule has 2 rings (SSSR count). The smallest absolute Gasteiger partial charge is 0.277 e. The number of carbonyl (C=O) groups is 1. The highest BCUT2D eigenvalue weighted by atomic mass is 35.5. The second kappa shape index (κ2) is 8.71. The van der Waals surface area contributed by atoms with Crippen molar-refractivity contribution in [3.8, 4) is 5.75 Å². The van der Waals surface area contributed by atoms with E-state index in [1.165, 1.54) is 5.56 Å². The molecule has 2 aromatic carbocycles. The minimum absolute atomic E-state index is 0.205. The number of nitrogens with zero attached hydrogens (tertiary/aromatic N) is 1. The van der Waals surface area contributed by atoms with Crippen LogP contribution in [0, 0.1) is 0 Å². The van der Waals surface area contributed by atoms with E-state index in [9.17, 15) is 4.79 Å². The van der Waals surface area contributed by atoms with E-state index in [0.29, 0.717) is 21.7 Å². The Morgan fingerprint density at radius 3 is 2.58 bits per heavy atom. The van der Waals surface area contributed by atoms with Crippen LogP contribution in [0.1, 0.15) is 30.9 Å². The van der Waals surface area contributed by atoms with Gasteiger partial charge >= 0.3 is 0 Å². The summed E-state index contributed by atoms with van der Waals surface area (Å²) in [5.41, 5.74) is 4.56. The van der Waals surface area contributed by atoms with Crippen LogP contribution in [0.2, 0.25) is 10.0 Å². The summed E-state index contributed by atoms with van der Waals surface area (Å²) < 4.78 is 5.32. The van der Waals surface area contributed by atoms with E-state index < -0.39 is 0 Å². The summed E-state index contributed by atoms with van der Waals surface area (Å²) in [6.45, 7) is 4.06. The number of ether oxygens (including phenoxy) is 1. The Bertz CT molecular complexity index is 728. The first-order valence-electron chi connectivity index (χ1n) is 7.45. The van der Waals surface area contributed by atoms with Crippen LogP contribution < -0.4 is 10.2 Å². The number of benzene rings is 2. The first-order chi connectivity index (χ1) is 11.5. The zero-order valence-electron chi connectivity index (χ0n) is 13.4. The molecule has 0 heterocycles. The average molecular weight is 365 g/mol. The van der Waals surface area contributed by atoms with Crippen molar-refractivity contribution >= 4 is 35.3 Å². The number of rotatable bonds is 6. The monoisotopic (exact) mass is 364 g/mol. The topological polar surface area (TPSA) is 50.7 Å². The SMILES string of the molecule is CC(C)c1ccc(/C=N/NC(=O)COc2cc(Cl)ccc2Cl)cc1. The third-order valence-corrected chi connectivity index (χ3v) is 3.81. The maximum atomic E-state index is 11.7. The standard InChI is InChI=1S/C18H18Cl2N2O2/c1-12(2)14-5-3-13(4-6-14)10-21-22-18(23)11-24-17-9-15(19)7-8-16(17)20/h3-10,12H,11H2,1-2H3,(H,22,23)/b21-10+. The zero-order chi connectivity index (χ0) is 17.5. The molecule has 1 amide bonds. The fraction of sp³-hybridized carbons (Fsp3) is 0.222. The molecule has 0 aliphatic heterocycles. The van der Waals surface area contributed by atoms with Crippen molar-refractivity contribution in [1.82, 2.24) is 5.43 Å². The van der Waals surface area contributed by atoms with Crippen LogP contribution >= 0.6 is 23.2 Å². The fourth-order valence-electron chi connectivity index (χ4n) is 1.91. The van der Waals surface area contributed by atoms with E-state index in [4.69, 9.17) is 27.9 Å². The van der Waals surface area contributed by atoms with Gasteiger partial charge in [-0.1, -0.05) is 61.3 Å². The molecule has 0 saturated heterocycles. The summed E-state index contributed by atoms with van der Waals surface area (Å²) in [6, 6.07) is 12.8. The lowest BCUT2D eigenvalue weighted by atomic mass is 10.0. The van der Waals surface area contributed by atoms with Crippen LogP contribution in [0.15, 0.2) is 47.6 Å². The van der Waals surface area contributed by atoms with Gasteiger partial charge in [0.05, 0.1) is 11.2 Å². The van der Waals surface area contributed by atoms with Crippen molar-refractivity contribution in [3.05, 3.63) is 63.6 Å². The van der Waals surface area contributed by atoms with Crippen molar-refractivity contribution < 1.29 is 9.53 Å². The van der Waals surface area contributed by atoms with Crippen LogP contribution in [0.5, 0.6) is 5.75 Å². The molecule has 6 heteroatoms. The largest absolute Gasteiger partial charge is 0.482 e. The molecule has 24 heavy (non-hydrogen) atoms. The molecule has 126 valence electrons. The van der Waals surface area contributed by atoms with E-state index in [1.54, 1.807) is 24.4 Å². The van der Waals surface area contributed by atoms with Crippen molar-refractivity contribution in [2.75, 3.05) is 6.61 Å². The quantitative estimate of drug-likeness (QED) is 0.599. The summed E-state index contributed by atoms with van der Waals surface area (Å²) in [5, 5.41) is 4.78. The number of hydrogen-bond donors (Lipinski definition) is 1. The lowest BCUT2D eigenvalue weighted by molar-refractivity contribution is -0.123. The van der Waals surface area contributed by atoms with Crippen LogP contribution in [0.4, 0.5) is 0 Å². The van der Waals surface area contributed by atoms with Crippen LogP contribution in [0.25, 0.3) is 0 Å². The maximum Gasteiger partial charge on any atom is 0.277 e. The second-order valence-corrected chi connectivity index (χ2v) is 6.32. The molecule has 0 radical (unpaired) electrons. The fourth-order valence-corrected chi connectivity index (χ4v) is 2.24. The highest BCUT2D eigenvalue weighted by molar-refractivity contribution is 6.34. The molecule has 0 saturated carbocycles. The summed E-state index contributed by atoms with van der Waals surface area (Å²) in [7, 11) is 0. The molecule has 2 aromatic rings. The van der Waals surface area contributed by atoms with Gasteiger partial charge in [-0.25, -0.2) is 5.43 Å². The number of halogens is 2. The van der Waals surface area contributed by atoms with Crippen LogP contribution in [-0.4, -0.2) is 18.7 Å². The normalized spacial score (nSPS) is 11.0. The van der Waals surface area contributed by atoms with Gasteiger partial charge in [0.15, 0.2) is 6.61 Å². The summed E-state index contributed by atoms with van der Waals surface area (Å²) in [5.74, 6) is 0.444. The molecule has 0 aromatic heterocycles. The third-order valence-electron chi connectivity index (χ3n) is 3.26. The third kappa shape index (κ3) is 5.55. The Morgan fingerprint density at radius 1 is 1.21 bits per heavy atom. The van der Waals surface area contributed by atoms with Gasteiger partial charge in [0.1, 0.15) is 5.75 Å². The molecular weight excluding hydrogens is 347 g/mol. The Morgan fingerprint density at radius 2 is 1.92 bits per heavy atom. The molecule has 0 unspecified atom stereocenters. The number of hydrogen-bond acceptors (Lipinski definition) is 3. The highest BCUT2D eigenvalue weighted by Gasteiger charge is 2.06. The van der Waals surface area contributed by atoms with E-state index in [0.717, 1.165) is 5.56 Å². The van der Waals surface area contributed by atoms with Crippen molar-refractivity contribution in [1.29, 1.82) is 0 Å². The molecule has 0 spiro atoms. The predicted molar refractivity (Wildman–Crippen MR) is 98.2 cm³/mol. The predicted octanol–water partition coefficient (Wildman–Crippen LogP) is 4.65. The minimum atomic E-state index is -0.388. The molecule has 0 fully saturated rings. The first kappa shape index (κ1) is 18.3. The summed E-state index contributed by atoms with van der Waals surface area (Å²) >= 11 is 11.8. The minimum Gasteiger partial charge on any atom is -0.482 e. The van der Waals surface area contributed by atoms with Gasteiger partial charge in [-0.15, -0.1) is 0 Å². The van der Waals surface area contributed by atoms with Gasteiger partial charge in [-0.3, -0.25) is 4.79 Å². The van der Waals surface area contributed by atoms with E-state index >= 15 is 0 Å². The lowest BCUT2D eigenvalue weighted by Gasteiger charge is -2.07. The van der Waals surface area contributed by atoms with Gasteiger partial charge in [-0.05, 0) is 29.2 Å². The zero-order valence-corrected chi connectivity index (χ0v) is 14.9. The molecule has 1 N–H and O–H groups in total. The molecular formula is C18H18Cl2N2O2. The van der Waals surface area contributed by atoms with Crippen molar-refractivity contribution in [2.24, 2.45) is 5.10 Å². The molecule has 0 bridgehead atoms. The Balaban J connectivity index is 1.83. The summed E-state index contributed by atoms with van der Waals surface area (Å²) in [6.07, 6.45) is 1.58. The highest BCUT2D eigenvalue weighted by Crippen LogP contribution is 2.27. The molecule has 0 aliphatic carbocycles. The Kier molecular flexibility index (Phi) is 6.64. The Hall–Kier alpha value is -2.04. The number of carbonyl (C=O) groups excluding carboxylic acids is 1. The average Bonchev–Trinajstić information content (AvgIpc) is 2.56. The first-order valence-corrected chi connectivity index (χ1v) is 8.21.